The number of hydrogen-bond donors (Lipinski definition) is 1. The fourth-order valence-corrected chi connectivity index (χ4v) is 5.18. The second-order valence-electron chi connectivity index (χ2n) is 8.31. The minimum absolute atomic E-state index is 0.132. The lowest BCUT2D eigenvalue weighted by Gasteiger charge is -2.28. The number of aromatic nitrogens is 3. The molecule has 1 atom stereocenters. The smallest absolute Gasteiger partial charge is 0.338 e. The van der Waals surface area contributed by atoms with Crippen LogP contribution in [0.3, 0.4) is 0 Å². The third-order valence-corrected chi connectivity index (χ3v) is 7.02. The molecule has 36 heavy (non-hydrogen) atoms. The van der Waals surface area contributed by atoms with Crippen LogP contribution in [0.2, 0.25) is 0 Å². The zero-order valence-electron chi connectivity index (χ0n) is 20.4. The van der Waals surface area contributed by atoms with E-state index in [0.29, 0.717) is 29.0 Å². The molecule has 2 heterocycles. The summed E-state index contributed by atoms with van der Waals surface area (Å²) >= 11 is 5.10. The minimum atomic E-state index is -0.481. The van der Waals surface area contributed by atoms with Crippen LogP contribution in [0.5, 0.6) is 5.75 Å². The summed E-state index contributed by atoms with van der Waals surface area (Å²) in [6, 6.07) is 15.3. The molecular weight excluding hydrogens is 540 g/mol. The van der Waals surface area contributed by atoms with Crippen molar-refractivity contribution in [1.82, 2.24) is 14.8 Å². The number of unbranched alkanes of at least 4 members (excludes halogenated alkanes) is 1. The molecule has 0 amide bonds. The number of halogens is 1. The number of benzene rings is 2. The van der Waals surface area contributed by atoms with Gasteiger partial charge >= 0.3 is 5.97 Å². The molecule has 0 bridgehead atoms. The summed E-state index contributed by atoms with van der Waals surface area (Å²) in [5, 5.41) is 8.65. The largest absolute Gasteiger partial charge is 0.489 e. The van der Waals surface area contributed by atoms with E-state index in [9.17, 15) is 4.79 Å². The second kappa shape index (κ2) is 12.3. The summed E-state index contributed by atoms with van der Waals surface area (Å²) in [4.78, 5) is 17.7. The van der Waals surface area contributed by atoms with E-state index in [-0.39, 0.29) is 6.61 Å². The summed E-state index contributed by atoms with van der Waals surface area (Å²) in [6.07, 6.45) is 3.75. The van der Waals surface area contributed by atoms with Gasteiger partial charge in [0.2, 0.25) is 11.1 Å². The first-order chi connectivity index (χ1) is 17.5. The molecule has 0 radical (unpaired) electrons. The molecule has 0 aliphatic carbocycles. The fourth-order valence-electron chi connectivity index (χ4n) is 3.83. The van der Waals surface area contributed by atoms with Crippen molar-refractivity contribution in [2.45, 2.75) is 44.5 Å². The first-order valence-corrected chi connectivity index (χ1v) is 13.6. The van der Waals surface area contributed by atoms with Crippen LogP contribution in [-0.4, -0.2) is 33.1 Å². The number of nitrogens with zero attached hydrogens (tertiary/aromatic N) is 3. The standard InChI is InChI=1S/C27H29BrN4O3S/c1-4-6-15-36-27-30-26-29-18(3)23(25(33)34-14-5-2)24(32(26)31-27)20-10-12-22(13-11-20)35-17-19-8-7-9-21(28)16-19/h5,7-13,16,24H,2,4,6,14-15,17H2,1,3H3,(H,29,30,31). The molecule has 2 aromatic carbocycles. The molecule has 0 spiro atoms. The lowest BCUT2D eigenvalue weighted by Crippen LogP contribution is -2.29. The van der Waals surface area contributed by atoms with Crippen molar-refractivity contribution in [3.63, 3.8) is 0 Å². The van der Waals surface area contributed by atoms with E-state index in [1.165, 1.54) is 0 Å². The highest BCUT2D eigenvalue weighted by Crippen LogP contribution is 2.37. The predicted octanol–water partition coefficient (Wildman–Crippen LogP) is 6.53. The molecular formula is C27H29BrN4O3S. The Labute approximate surface area is 224 Å². The Balaban J connectivity index is 1.61. The van der Waals surface area contributed by atoms with Gasteiger partial charge in [-0.15, -0.1) is 5.10 Å². The molecule has 188 valence electrons. The Morgan fingerprint density at radius 3 is 2.81 bits per heavy atom. The highest BCUT2D eigenvalue weighted by atomic mass is 79.9. The van der Waals surface area contributed by atoms with Gasteiger partial charge in [-0.25, -0.2) is 9.48 Å². The van der Waals surface area contributed by atoms with Gasteiger partial charge in [0.15, 0.2) is 0 Å². The number of rotatable bonds is 11. The lowest BCUT2D eigenvalue weighted by molar-refractivity contribution is -0.138. The molecule has 1 N–H and O–H groups in total. The summed E-state index contributed by atoms with van der Waals surface area (Å²) in [5.41, 5.74) is 3.13. The van der Waals surface area contributed by atoms with E-state index in [1.807, 2.05) is 55.5 Å². The summed E-state index contributed by atoms with van der Waals surface area (Å²) < 4.78 is 14.2. The minimum Gasteiger partial charge on any atom is -0.489 e. The average Bonchev–Trinajstić information content (AvgIpc) is 3.28. The Kier molecular flexibility index (Phi) is 8.88. The van der Waals surface area contributed by atoms with Gasteiger partial charge in [0.05, 0.1) is 5.57 Å². The third kappa shape index (κ3) is 6.20. The topological polar surface area (TPSA) is 78.3 Å². The molecule has 7 nitrogen and oxygen atoms in total. The van der Waals surface area contributed by atoms with Crippen molar-refractivity contribution in [2.24, 2.45) is 0 Å². The van der Waals surface area contributed by atoms with Crippen LogP contribution >= 0.6 is 27.7 Å². The van der Waals surface area contributed by atoms with Gasteiger partial charge in [0, 0.05) is 15.9 Å². The molecule has 9 heteroatoms. The fraction of sp³-hybridized carbons (Fsp3) is 0.296. The number of hydrogen-bond acceptors (Lipinski definition) is 7. The normalized spacial score (nSPS) is 14.7. The molecule has 1 aliphatic rings. The Bertz CT molecular complexity index is 1260. The molecule has 0 saturated heterocycles. The second-order valence-corrected chi connectivity index (χ2v) is 10.3. The number of ether oxygens (including phenoxy) is 2. The first kappa shape index (κ1) is 26.0. The maximum Gasteiger partial charge on any atom is 0.338 e. The number of carbonyl (C=O) groups is 1. The number of anilines is 1. The van der Waals surface area contributed by atoms with Gasteiger partial charge < -0.3 is 14.8 Å². The van der Waals surface area contributed by atoms with E-state index >= 15 is 0 Å². The highest BCUT2D eigenvalue weighted by molar-refractivity contribution is 9.10. The molecule has 1 unspecified atom stereocenters. The van der Waals surface area contributed by atoms with E-state index in [2.05, 4.69) is 39.7 Å². The monoisotopic (exact) mass is 568 g/mol. The maximum atomic E-state index is 13.1. The zero-order valence-corrected chi connectivity index (χ0v) is 22.8. The van der Waals surface area contributed by atoms with Gasteiger partial charge in [0.1, 0.15) is 25.0 Å². The number of carbonyl (C=O) groups excluding carboxylic acids is 1. The van der Waals surface area contributed by atoms with Crippen molar-refractivity contribution in [3.05, 3.63) is 88.1 Å². The first-order valence-electron chi connectivity index (χ1n) is 11.8. The molecule has 1 aliphatic heterocycles. The number of allylic oxidation sites excluding steroid dienone is 1. The zero-order chi connectivity index (χ0) is 25.5. The molecule has 1 aromatic heterocycles. The van der Waals surface area contributed by atoms with Crippen LogP contribution in [0.1, 0.15) is 43.9 Å². The van der Waals surface area contributed by atoms with E-state index < -0.39 is 12.0 Å². The van der Waals surface area contributed by atoms with Crippen molar-refractivity contribution in [2.75, 3.05) is 17.7 Å². The number of esters is 1. The lowest BCUT2D eigenvalue weighted by atomic mass is 9.96. The summed E-state index contributed by atoms with van der Waals surface area (Å²) in [7, 11) is 0. The summed E-state index contributed by atoms with van der Waals surface area (Å²) in [5.74, 6) is 1.86. The van der Waals surface area contributed by atoms with Crippen LogP contribution in [0.25, 0.3) is 0 Å². The van der Waals surface area contributed by atoms with Gasteiger partial charge in [-0.1, -0.05) is 78.0 Å². The van der Waals surface area contributed by atoms with E-state index in [0.717, 1.165) is 39.9 Å². The van der Waals surface area contributed by atoms with Crippen molar-refractivity contribution < 1.29 is 14.3 Å². The molecule has 0 saturated carbocycles. The quantitative estimate of drug-likeness (QED) is 0.122. The van der Waals surface area contributed by atoms with Crippen molar-refractivity contribution >= 4 is 39.6 Å². The van der Waals surface area contributed by atoms with Gasteiger partial charge in [-0.3, -0.25) is 0 Å². The van der Waals surface area contributed by atoms with Crippen molar-refractivity contribution in [3.8, 4) is 5.75 Å². The SMILES string of the molecule is C=CCOC(=O)C1=C(C)Nc2nc(SCCCC)nn2C1c1ccc(OCc2cccc(Br)c2)cc1. The maximum absolute atomic E-state index is 13.1. The third-order valence-electron chi connectivity index (χ3n) is 5.60. The highest BCUT2D eigenvalue weighted by Gasteiger charge is 2.35. The molecule has 3 aromatic rings. The van der Waals surface area contributed by atoms with Crippen LogP contribution in [0, 0.1) is 0 Å². The van der Waals surface area contributed by atoms with Crippen LogP contribution < -0.4 is 10.1 Å². The number of thioether (sulfide) groups is 1. The van der Waals surface area contributed by atoms with Crippen LogP contribution in [-0.2, 0) is 16.1 Å². The van der Waals surface area contributed by atoms with Gasteiger partial charge in [-0.2, -0.15) is 4.98 Å². The summed E-state index contributed by atoms with van der Waals surface area (Å²) in [6.45, 7) is 8.25. The Morgan fingerprint density at radius 2 is 2.08 bits per heavy atom. The van der Waals surface area contributed by atoms with Crippen molar-refractivity contribution in [1.29, 1.82) is 0 Å². The Morgan fingerprint density at radius 1 is 1.28 bits per heavy atom. The van der Waals surface area contributed by atoms with Crippen LogP contribution in [0.15, 0.2) is 82.1 Å². The predicted molar refractivity (Wildman–Crippen MR) is 146 cm³/mol. The van der Waals surface area contributed by atoms with Gasteiger partial charge in [0.25, 0.3) is 0 Å². The van der Waals surface area contributed by atoms with Crippen LogP contribution in [0.4, 0.5) is 5.95 Å². The molecule has 0 fully saturated rings. The molecule has 4 rings (SSSR count). The number of fused-ring (bicyclic) bond motifs is 1. The number of nitrogens with one attached hydrogen (secondary N) is 1. The Hall–Kier alpha value is -3.04. The van der Waals surface area contributed by atoms with Gasteiger partial charge in [-0.05, 0) is 48.7 Å². The average molecular weight is 570 g/mol. The van der Waals surface area contributed by atoms with E-state index in [4.69, 9.17) is 14.6 Å². The van der Waals surface area contributed by atoms with E-state index in [1.54, 1.807) is 22.5 Å².